The second kappa shape index (κ2) is 6.72. The molecule has 2 heterocycles. The van der Waals surface area contributed by atoms with Crippen LogP contribution in [-0.4, -0.2) is 21.9 Å². The van der Waals surface area contributed by atoms with Crippen molar-refractivity contribution in [1.82, 2.24) is 25.9 Å². The van der Waals surface area contributed by atoms with Crippen molar-refractivity contribution in [3.05, 3.63) is 53.9 Å². The summed E-state index contributed by atoms with van der Waals surface area (Å²) in [5, 5.41) is 7.12. The molecule has 2 atom stereocenters. The van der Waals surface area contributed by atoms with E-state index in [0.29, 0.717) is 12.8 Å². The number of nitrogens with one attached hydrogen (secondary N) is 3. The van der Waals surface area contributed by atoms with Crippen LogP contribution in [0.1, 0.15) is 30.0 Å². The van der Waals surface area contributed by atoms with Gasteiger partial charge in [0.2, 0.25) is 5.91 Å². The first-order chi connectivity index (χ1) is 10.7. The van der Waals surface area contributed by atoms with Crippen molar-refractivity contribution in [2.24, 2.45) is 7.05 Å². The molecule has 0 spiro atoms. The summed E-state index contributed by atoms with van der Waals surface area (Å²) in [4.78, 5) is 12.0. The molecule has 1 saturated heterocycles. The SMILES string of the molecule is Cn1cc(CCC(=O)NC2CC(c3ccccc3)NN2)cn1. The van der Waals surface area contributed by atoms with Crippen molar-refractivity contribution in [3.8, 4) is 0 Å². The van der Waals surface area contributed by atoms with Crippen LogP contribution in [0, 0.1) is 0 Å². The van der Waals surface area contributed by atoms with Gasteiger partial charge in [0.05, 0.1) is 12.4 Å². The Balaban J connectivity index is 1.45. The highest BCUT2D eigenvalue weighted by atomic mass is 16.1. The van der Waals surface area contributed by atoms with E-state index >= 15 is 0 Å². The lowest BCUT2D eigenvalue weighted by Crippen LogP contribution is -2.44. The Morgan fingerprint density at radius 2 is 2.18 bits per heavy atom. The predicted octanol–water partition coefficient (Wildman–Crippen LogP) is 1.03. The molecule has 1 aromatic heterocycles. The summed E-state index contributed by atoms with van der Waals surface area (Å²) in [6.07, 6.45) is 5.72. The van der Waals surface area contributed by atoms with Crippen LogP contribution in [0.15, 0.2) is 42.7 Å². The highest BCUT2D eigenvalue weighted by Gasteiger charge is 2.25. The van der Waals surface area contributed by atoms with Gasteiger partial charge in [-0.05, 0) is 17.5 Å². The monoisotopic (exact) mass is 299 g/mol. The van der Waals surface area contributed by atoms with Gasteiger partial charge in [0.1, 0.15) is 0 Å². The minimum atomic E-state index is -0.0356. The van der Waals surface area contributed by atoms with Crippen LogP contribution in [-0.2, 0) is 18.3 Å². The van der Waals surface area contributed by atoms with E-state index in [2.05, 4.69) is 33.4 Å². The molecular weight excluding hydrogens is 278 g/mol. The van der Waals surface area contributed by atoms with E-state index in [-0.39, 0.29) is 18.1 Å². The van der Waals surface area contributed by atoms with Gasteiger partial charge in [-0.3, -0.25) is 9.48 Å². The molecule has 1 aliphatic heterocycles. The van der Waals surface area contributed by atoms with Crippen LogP contribution in [0.25, 0.3) is 0 Å². The average Bonchev–Trinajstić information content (AvgIpc) is 3.15. The number of hydrogen-bond acceptors (Lipinski definition) is 4. The number of carbonyl (C=O) groups is 1. The molecule has 22 heavy (non-hydrogen) atoms. The lowest BCUT2D eigenvalue weighted by atomic mass is 10.0. The summed E-state index contributed by atoms with van der Waals surface area (Å²) in [6.45, 7) is 0. The van der Waals surface area contributed by atoms with Crippen molar-refractivity contribution in [2.75, 3.05) is 0 Å². The first kappa shape index (κ1) is 14.7. The van der Waals surface area contributed by atoms with E-state index < -0.39 is 0 Å². The molecule has 1 aliphatic rings. The number of rotatable bonds is 5. The van der Waals surface area contributed by atoms with Gasteiger partial charge in [0, 0.05) is 32.1 Å². The molecule has 2 unspecified atom stereocenters. The second-order valence-electron chi connectivity index (χ2n) is 5.63. The highest BCUT2D eigenvalue weighted by molar-refractivity contribution is 5.76. The lowest BCUT2D eigenvalue weighted by Gasteiger charge is -2.12. The molecule has 0 aliphatic carbocycles. The first-order valence-corrected chi connectivity index (χ1v) is 7.53. The minimum Gasteiger partial charge on any atom is -0.339 e. The molecule has 1 aromatic carbocycles. The van der Waals surface area contributed by atoms with Crippen LogP contribution in [0.3, 0.4) is 0 Å². The van der Waals surface area contributed by atoms with Crippen molar-refractivity contribution in [3.63, 3.8) is 0 Å². The van der Waals surface area contributed by atoms with Crippen molar-refractivity contribution >= 4 is 5.91 Å². The van der Waals surface area contributed by atoms with Gasteiger partial charge in [-0.2, -0.15) is 5.10 Å². The molecule has 2 aromatic rings. The normalized spacial score (nSPS) is 21.0. The number of aromatic nitrogens is 2. The zero-order chi connectivity index (χ0) is 15.4. The molecule has 6 nitrogen and oxygen atoms in total. The van der Waals surface area contributed by atoms with Gasteiger partial charge >= 0.3 is 0 Å². The zero-order valence-corrected chi connectivity index (χ0v) is 12.6. The minimum absolute atomic E-state index is 0.0356. The second-order valence-corrected chi connectivity index (χ2v) is 5.63. The number of hydrazine groups is 1. The van der Waals surface area contributed by atoms with Crippen molar-refractivity contribution in [2.45, 2.75) is 31.5 Å². The summed E-state index contributed by atoms with van der Waals surface area (Å²) in [6, 6.07) is 10.5. The number of carbonyl (C=O) groups excluding carboxylic acids is 1. The number of aryl methyl sites for hydroxylation is 2. The maximum Gasteiger partial charge on any atom is 0.221 e. The maximum absolute atomic E-state index is 12.0. The zero-order valence-electron chi connectivity index (χ0n) is 12.6. The van der Waals surface area contributed by atoms with Gasteiger partial charge in [-0.25, -0.2) is 10.9 Å². The van der Waals surface area contributed by atoms with E-state index in [1.807, 2.05) is 31.4 Å². The summed E-state index contributed by atoms with van der Waals surface area (Å²) in [5.41, 5.74) is 8.67. The van der Waals surface area contributed by atoms with E-state index in [0.717, 1.165) is 12.0 Å². The number of amides is 1. The Hall–Kier alpha value is -2.18. The quantitative estimate of drug-likeness (QED) is 0.771. The largest absolute Gasteiger partial charge is 0.339 e. The molecular formula is C16H21N5O. The smallest absolute Gasteiger partial charge is 0.221 e. The maximum atomic E-state index is 12.0. The van der Waals surface area contributed by atoms with Gasteiger partial charge in [-0.15, -0.1) is 0 Å². The van der Waals surface area contributed by atoms with Gasteiger partial charge in [0.15, 0.2) is 0 Å². The molecule has 0 bridgehead atoms. The van der Waals surface area contributed by atoms with Crippen LogP contribution >= 0.6 is 0 Å². The number of hydrogen-bond donors (Lipinski definition) is 3. The molecule has 1 amide bonds. The Morgan fingerprint density at radius 3 is 2.91 bits per heavy atom. The molecule has 0 radical (unpaired) electrons. The average molecular weight is 299 g/mol. The van der Waals surface area contributed by atoms with Gasteiger partial charge in [-0.1, -0.05) is 30.3 Å². The van der Waals surface area contributed by atoms with E-state index in [1.165, 1.54) is 5.56 Å². The molecule has 0 saturated carbocycles. The lowest BCUT2D eigenvalue weighted by molar-refractivity contribution is -0.121. The fourth-order valence-corrected chi connectivity index (χ4v) is 2.68. The molecule has 3 rings (SSSR count). The predicted molar refractivity (Wildman–Crippen MR) is 83.5 cm³/mol. The Kier molecular flexibility index (Phi) is 4.50. The standard InChI is InChI=1S/C16H21N5O/c1-21-11-12(10-17-21)7-8-16(22)18-15-9-14(19-20-15)13-5-3-2-4-6-13/h2-6,10-11,14-15,19-20H,7-9H2,1H3,(H,18,22). The molecule has 3 N–H and O–H groups in total. The van der Waals surface area contributed by atoms with E-state index in [9.17, 15) is 4.79 Å². The van der Waals surface area contributed by atoms with Crippen molar-refractivity contribution < 1.29 is 4.79 Å². The van der Waals surface area contributed by atoms with Crippen LogP contribution in [0.5, 0.6) is 0 Å². The van der Waals surface area contributed by atoms with Crippen molar-refractivity contribution in [1.29, 1.82) is 0 Å². The van der Waals surface area contributed by atoms with Gasteiger partial charge in [0.25, 0.3) is 0 Å². The topological polar surface area (TPSA) is 71.0 Å². The third-order valence-electron chi connectivity index (χ3n) is 3.84. The van der Waals surface area contributed by atoms with Crippen LogP contribution in [0.2, 0.25) is 0 Å². The molecule has 1 fully saturated rings. The summed E-state index contributed by atoms with van der Waals surface area (Å²) < 4.78 is 1.75. The summed E-state index contributed by atoms with van der Waals surface area (Å²) >= 11 is 0. The first-order valence-electron chi connectivity index (χ1n) is 7.53. The summed E-state index contributed by atoms with van der Waals surface area (Å²) in [5.74, 6) is 0.0527. The fraction of sp³-hybridized carbons (Fsp3) is 0.375. The number of benzene rings is 1. The Bertz CT molecular complexity index is 624. The van der Waals surface area contributed by atoms with Crippen LogP contribution < -0.4 is 16.2 Å². The third-order valence-corrected chi connectivity index (χ3v) is 3.84. The highest BCUT2D eigenvalue weighted by Crippen LogP contribution is 2.20. The Labute approximate surface area is 129 Å². The fourth-order valence-electron chi connectivity index (χ4n) is 2.68. The van der Waals surface area contributed by atoms with E-state index in [1.54, 1.807) is 10.9 Å². The third kappa shape index (κ3) is 3.72. The Morgan fingerprint density at radius 1 is 1.36 bits per heavy atom. The number of nitrogens with zero attached hydrogens (tertiary/aromatic N) is 2. The molecule has 116 valence electrons. The van der Waals surface area contributed by atoms with Gasteiger partial charge < -0.3 is 5.32 Å². The summed E-state index contributed by atoms with van der Waals surface area (Å²) in [7, 11) is 1.88. The van der Waals surface area contributed by atoms with E-state index in [4.69, 9.17) is 0 Å². The molecule has 6 heteroatoms. The van der Waals surface area contributed by atoms with Crippen LogP contribution in [0.4, 0.5) is 0 Å².